The van der Waals surface area contributed by atoms with E-state index in [9.17, 15) is 13.9 Å². The lowest BCUT2D eigenvalue weighted by atomic mass is 9.91. The summed E-state index contributed by atoms with van der Waals surface area (Å²) in [7, 11) is 0. The summed E-state index contributed by atoms with van der Waals surface area (Å²) in [5.74, 6) is 2.86. The predicted octanol–water partition coefficient (Wildman–Crippen LogP) is 7.24. The van der Waals surface area contributed by atoms with Gasteiger partial charge in [-0.3, -0.25) is 4.90 Å². The Morgan fingerprint density at radius 1 is 1.02 bits per heavy atom. The van der Waals surface area contributed by atoms with E-state index in [0.717, 1.165) is 45.3 Å². The van der Waals surface area contributed by atoms with Crippen molar-refractivity contribution in [2.75, 3.05) is 43.4 Å². The minimum Gasteiger partial charge on any atom is -0.508 e. The van der Waals surface area contributed by atoms with E-state index in [-0.39, 0.29) is 40.6 Å². The van der Waals surface area contributed by atoms with Crippen molar-refractivity contribution in [2.45, 2.75) is 61.4 Å². The molecule has 1 spiro atoms. The van der Waals surface area contributed by atoms with Gasteiger partial charge in [0.1, 0.15) is 35.7 Å². The quantitative estimate of drug-likeness (QED) is 0.230. The van der Waals surface area contributed by atoms with Gasteiger partial charge in [0, 0.05) is 47.1 Å². The van der Waals surface area contributed by atoms with E-state index in [1.807, 2.05) is 0 Å². The molecule has 4 aliphatic rings. The first-order chi connectivity index (χ1) is 22.3. The number of ether oxygens (including phenoxy) is 1. The van der Waals surface area contributed by atoms with Gasteiger partial charge in [0.25, 0.3) is 0 Å². The molecule has 6 nitrogen and oxygen atoms in total. The summed E-state index contributed by atoms with van der Waals surface area (Å²) < 4.78 is 52.8. The van der Waals surface area contributed by atoms with Crippen LogP contribution in [0.4, 0.5) is 19.0 Å². The summed E-state index contributed by atoms with van der Waals surface area (Å²) in [6, 6.07) is 9.10. The van der Waals surface area contributed by atoms with Gasteiger partial charge in [-0.25, -0.2) is 13.2 Å². The molecule has 4 fully saturated rings. The number of alkyl halides is 1. The Morgan fingerprint density at radius 2 is 1.87 bits per heavy atom. The average molecular weight is 645 g/mol. The maximum absolute atomic E-state index is 16.9. The van der Waals surface area contributed by atoms with Crippen LogP contribution >= 0.6 is 11.8 Å². The molecule has 1 N–H and O–H groups in total. The molecule has 0 radical (unpaired) electrons. The summed E-state index contributed by atoms with van der Waals surface area (Å²) in [6.45, 7) is 3.02. The number of hydrogen-bond acceptors (Lipinski definition) is 7. The predicted molar refractivity (Wildman–Crippen MR) is 176 cm³/mol. The zero-order chi connectivity index (χ0) is 31.6. The molecule has 2 atom stereocenters. The van der Waals surface area contributed by atoms with E-state index in [2.05, 4.69) is 32.5 Å². The smallest absolute Gasteiger partial charge is 0.319 e. The van der Waals surface area contributed by atoms with Gasteiger partial charge in [-0.1, -0.05) is 18.1 Å². The van der Waals surface area contributed by atoms with Crippen molar-refractivity contribution < 1.29 is 23.0 Å². The van der Waals surface area contributed by atoms with Gasteiger partial charge >= 0.3 is 6.01 Å². The number of anilines is 1. The molecular formula is C36H35F3N4O2S. The Bertz CT molecular complexity index is 1900. The molecule has 0 bridgehead atoms. The monoisotopic (exact) mass is 644 g/mol. The van der Waals surface area contributed by atoms with Crippen LogP contribution in [0.5, 0.6) is 11.8 Å². The van der Waals surface area contributed by atoms with Crippen LogP contribution in [0.15, 0.2) is 36.4 Å². The number of benzene rings is 3. The molecule has 10 heteroatoms. The van der Waals surface area contributed by atoms with E-state index < -0.39 is 23.3 Å². The normalized spacial score (nSPS) is 24.2. The highest BCUT2D eigenvalue weighted by atomic mass is 32.2. The molecule has 3 aromatic carbocycles. The van der Waals surface area contributed by atoms with E-state index in [1.54, 1.807) is 12.1 Å². The van der Waals surface area contributed by atoms with Gasteiger partial charge in [-0.15, -0.1) is 6.42 Å². The molecule has 0 aliphatic carbocycles. The van der Waals surface area contributed by atoms with E-state index in [1.165, 1.54) is 42.9 Å². The molecule has 5 heterocycles. The fourth-order valence-corrected chi connectivity index (χ4v) is 9.82. The largest absolute Gasteiger partial charge is 0.508 e. The van der Waals surface area contributed by atoms with Gasteiger partial charge in [0.15, 0.2) is 5.82 Å². The summed E-state index contributed by atoms with van der Waals surface area (Å²) >= 11 is 2.07. The molecule has 46 heavy (non-hydrogen) atoms. The van der Waals surface area contributed by atoms with Crippen molar-refractivity contribution in [1.29, 1.82) is 0 Å². The molecule has 8 rings (SSSR count). The van der Waals surface area contributed by atoms with Crippen LogP contribution in [0.25, 0.3) is 32.8 Å². The molecule has 4 saturated heterocycles. The summed E-state index contributed by atoms with van der Waals surface area (Å²) in [4.78, 5) is 13.8. The van der Waals surface area contributed by atoms with E-state index in [0.29, 0.717) is 39.7 Å². The van der Waals surface area contributed by atoms with E-state index >= 15 is 4.39 Å². The Balaban J connectivity index is 1.25. The third-order valence-corrected chi connectivity index (χ3v) is 12.4. The highest BCUT2D eigenvalue weighted by Crippen LogP contribution is 2.47. The highest BCUT2D eigenvalue weighted by molar-refractivity contribution is 8.00. The third-order valence-electron chi connectivity index (χ3n) is 10.6. The lowest BCUT2D eigenvalue weighted by molar-refractivity contribution is 0.107. The fourth-order valence-electron chi connectivity index (χ4n) is 8.34. The molecule has 4 aromatic rings. The van der Waals surface area contributed by atoms with Crippen molar-refractivity contribution in [3.05, 3.63) is 53.6 Å². The first-order valence-electron chi connectivity index (χ1n) is 16.1. The zero-order valence-electron chi connectivity index (χ0n) is 25.5. The van der Waals surface area contributed by atoms with Crippen LogP contribution in [-0.4, -0.2) is 75.0 Å². The van der Waals surface area contributed by atoms with Crippen LogP contribution in [0.2, 0.25) is 0 Å². The molecule has 0 amide bonds. The Labute approximate surface area is 270 Å². The Kier molecular flexibility index (Phi) is 7.26. The van der Waals surface area contributed by atoms with Gasteiger partial charge in [-0.05, 0) is 86.0 Å². The number of nitrogens with zero attached hydrogens (tertiary/aromatic N) is 4. The van der Waals surface area contributed by atoms with Gasteiger partial charge in [0.05, 0.1) is 11.1 Å². The van der Waals surface area contributed by atoms with Crippen molar-refractivity contribution >= 4 is 39.3 Å². The van der Waals surface area contributed by atoms with Crippen LogP contribution in [-0.2, 0) is 0 Å². The SMILES string of the molecule is C#Cc1c(F)ccc2cc(O)cc(-c3ccc4c(N5CCC6(CCCS6)CC5)nc(OC[C@@]56CCCN5C[C@H](F)C6)nc4c3F)c12. The minimum absolute atomic E-state index is 0.00507. The van der Waals surface area contributed by atoms with Gasteiger partial charge in [-0.2, -0.15) is 21.7 Å². The van der Waals surface area contributed by atoms with Crippen molar-refractivity contribution in [2.24, 2.45) is 0 Å². The first-order valence-corrected chi connectivity index (χ1v) is 17.1. The third kappa shape index (κ3) is 4.85. The van der Waals surface area contributed by atoms with Crippen LogP contribution < -0.4 is 9.64 Å². The minimum atomic E-state index is -0.902. The maximum Gasteiger partial charge on any atom is 0.319 e. The number of halogens is 3. The number of aromatic nitrogens is 2. The summed E-state index contributed by atoms with van der Waals surface area (Å²) in [5.41, 5.74) is 0.0464. The molecule has 0 saturated carbocycles. The number of aromatic hydroxyl groups is 1. The van der Waals surface area contributed by atoms with Crippen molar-refractivity contribution in [3.8, 4) is 35.2 Å². The highest BCUT2D eigenvalue weighted by Gasteiger charge is 2.49. The fraction of sp³-hybridized carbons (Fsp3) is 0.444. The summed E-state index contributed by atoms with van der Waals surface area (Å²) in [6.07, 6.45) is 11.5. The number of terminal acetylenes is 1. The number of thioether (sulfide) groups is 1. The molecular weight excluding hydrogens is 609 g/mol. The lowest BCUT2D eigenvalue weighted by Gasteiger charge is -2.39. The Hall–Kier alpha value is -3.68. The maximum atomic E-state index is 16.9. The van der Waals surface area contributed by atoms with Crippen LogP contribution in [0.3, 0.4) is 0 Å². The Morgan fingerprint density at radius 3 is 2.65 bits per heavy atom. The van der Waals surface area contributed by atoms with Crippen molar-refractivity contribution in [3.63, 3.8) is 0 Å². The number of hydrogen-bond donors (Lipinski definition) is 1. The number of fused-ring (bicyclic) bond motifs is 3. The van der Waals surface area contributed by atoms with Crippen LogP contribution in [0.1, 0.15) is 50.5 Å². The van der Waals surface area contributed by atoms with Crippen LogP contribution in [0, 0.1) is 24.0 Å². The molecule has 0 unspecified atom stereocenters. The van der Waals surface area contributed by atoms with Gasteiger partial charge in [0.2, 0.25) is 0 Å². The topological polar surface area (TPSA) is 61.7 Å². The standard InChI is InChI=1S/C36H35F3N4O2S/c1-2-25-29(38)8-5-22-17-24(44)18-28(30(22)25)26-6-7-27-32(31(26)39)40-34(45-21-35-9-3-13-43(35)20-23(37)19-35)41-33(27)42-14-11-36(12-15-42)10-4-16-46-36/h1,5-8,17-18,23,44H,3-4,9-16,19-21H2/t23-,35+/m1/s1. The lowest BCUT2D eigenvalue weighted by Crippen LogP contribution is -2.43. The molecule has 238 valence electrons. The number of piperidine rings is 1. The molecule has 1 aromatic heterocycles. The van der Waals surface area contributed by atoms with E-state index in [4.69, 9.17) is 16.1 Å². The molecule has 4 aliphatic heterocycles. The van der Waals surface area contributed by atoms with Crippen molar-refractivity contribution in [1.82, 2.24) is 14.9 Å². The number of phenols is 1. The first kappa shape index (κ1) is 29.7. The average Bonchev–Trinajstić information content (AvgIpc) is 3.75. The zero-order valence-corrected chi connectivity index (χ0v) is 26.3. The second-order valence-corrected chi connectivity index (χ2v) is 14.9. The number of phenolic OH excluding ortho intramolecular Hbond substituents is 1. The second-order valence-electron chi connectivity index (χ2n) is 13.3. The number of rotatable bonds is 5. The second kappa shape index (κ2) is 11.2. The van der Waals surface area contributed by atoms with Gasteiger partial charge < -0.3 is 14.7 Å². The summed E-state index contributed by atoms with van der Waals surface area (Å²) in [5, 5.41) is 11.9.